The monoisotopic (exact) mass is 190 g/mol. The molecule has 0 rings (SSSR count). The number of carbonyl (C=O) groups is 1. The summed E-state index contributed by atoms with van der Waals surface area (Å²) in [5.74, 6) is -0.396. The van der Waals surface area contributed by atoms with Crippen LogP contribution in [0.1, 0.15) is 27.2 Å². The quantitative estimate of drug-likeness (QED) is 0.627. The van der Waals surface area contributed by atoms with E-state index in [0.29, 0.717) is 0 Å². The van der Waals surface area contributed by atoms with Crippen LogP contribution in [0.5, 0.6) is 0 Å². The highest BCUT2D eigenvalue weighted by molar-refractivity contribution is 5.66. The van der Waals surface area contributed by atoms with Crippen LogP contribution in [0, 0.1) is 0 Å². The molecule has 0 heterocycles. The van der Waals surface area contributed by atoms with Crippen molar-refractivity contribution < 1.29 is 19.4 Å². The molecule has 0 aromatic heterocycles. The van der Waals surface area contributed by atoms with Crippen molar-refractivity contribution in [2.24, 2.45) is 0 Å². The second-order valence-electron chi connectivity index (χ2n) is 2.97. The van der Waals surface area contributed by atoms with Crippen molar-refractivity contribution in [3.8, 4) is 0 Å². The zero-order chi connectivity index (χ0) is 10.3. The Morgan fingerprint density at radius 3 is 2.54 bits per heavy atom. The Bertz CT molecular complexity index is 147. The number of esters is 1. The minimum absolute atomic E-state index is 0.129. The van der Waals surface area contributed by atoms with Crippen LogP contribution >= 0.6 is 0 Å². The van der Waals surface area contributed by atoms with Crippen molar-refractivity contribution in [3.63, 3.8) is 0 Å². The van der Waals surface area contributed by atoms with Gasteiger partial charge in [0.15, 0.2) is 0 Å². The Labute approximate surface area is 78.8 Å². The maximum Gasteiger partial charge on any atom is 0.303 e. The molecule has 78 valence electrons. The average Bonchev–Trinajstić information content (AvgIpc) is 2.10. The van der Waals surface area contributed by atoms with Crippen LogP contribution in [0.4, 0.5) is 0 Å². The highest BCUT2D eigenvalue weighted by Gasteiger charge is 2.11. The first-order valence-corrected chi connectivity index (χ1v) is 4.49. The standard InChI is InChI=1S/C9H18O4/c1-4-7(2)12-6-9(5-10)13-8(3)11/h7,9-10H,4-6H2,1-3H3. The Morgan fingerprint density at radius 1 is 1.54 bits per heavy atom. The zero-order valence-corrected chi connectivity index (χ0v) is 8.45. The molecule has 4 nitrogen and oxygen atoms in total. The van der Waals surface area contributed by atoms with Gasteiger partial charge in [0, 0.05) is 6.92 Å². The number of rotatable bonds is 6. The van der Waals surface area contributed by atoms with Gasteiger partial charge in [0.2, 0.25) is 0 Å². The maximum atomic E-state index is 10.5. The molecule has 0 saturated heterocycles. The third kappa shape index (κ3) is 6.54. The normalized spacial score (nSPS) is 15.1. The molecule has 0 aliphatic carbocycles. The molecule has 0 spiro atoms. The fourth-order valence-electron chi connectivity index (χ4n) is 0.748. The van der Waals surface area contributed by atoms with E-state index in [1.165, 1.54) is 6.92 Å². The van der Waals surface area contributed by atoms with E-state index < -0.39 is 12.1 Å². The SMILES string of the molecule is CCC(C)OCC(CO)OC(C)=O. The summed E-state index contributed by atoms with van der Waals surface area (Å²) < 4.78 is 10.1. The highest BCUT2D eigenvalue weighted by atomic mass is 16.6. The molecule has 0 aliphatic rings. The lowest BCUT2D eigenvalue weighted by atomic mass is 10.3. The van der Waals surface area contributed by atoms with Gasteiger partial charge in [-0.3, -0.25) is 4.79 Å². The van der Waals surface area contributed by atoms with E-state index in [0.717, 1.165) is 6.42 Å². The van der Waals surface area contributed by atoms with Crippen LogP contribution < -0.4 is 0 Å². The first-order chi connectivity index (χ1) is 6.10. The number of aliphatic hydroxyl groups excluding tert-OH is 1. The summed E-state index contributed by atoms with van der Waals surface area (Å²) in [4.78, 5) is 10.5. The Hall–Kier alpha value is -0.610. The molecule has 0 fully saturated rings. The first-order valence-electron chi connectivity index (χ1n) is 4.49. The molecule has 0 radical (unpaired) electrons. The number of hydrogen-bond acceptors (Lipinski definition) is 4. The Morgan fingerprint density at radius 2 is 2.15 bits per heavy atom. The van der Waals surface area contributed by atoms with Gasteiger partial charge in [0.1, 0.15) is 6.10 Å². The lowest BCUT2D eigenvalue weighted by Gasteiger charge is -2.17. The van der Waals surface area contributed by atoms with Gasteiger partial charge in [-0.05, 0) is 13.3 Å². The van der Waals surface area contributed by atoms with E-state index in [4.69, 9.17) is 14.6 Å². The smallest absolute Gasteiger partial charge is 0.303 e. The van der Waals surface area contributed by atoms with E-state index in [2.05, 4.69) is 0 Å². The molecule has 0 saturated carbocycles. The first kappa shape index (κ1) is 12.4. The predicted octanol–water partition coefficient (Wildman–Crippen LogP) is 0.726. The van der Waals surface area contributed by atoms with Crippen LogP contribution in [0.15, 0.2) is 0 Å². The van der Waals surface area contributed by atoms with E-state index in [9.17, 15) is 4.79 Å². The number of ether oxygens (including phenoxy) is 2. The second kappa shape index (κ2) is 6.86. The largest absolute Gasteiger partial charge is 0.458 e. The van der Waals surface area contributed by atoms with Crippen LogP contribution in [-0.4, -0.2) is 36.5 Å². The zero-order valence-electron chi connectivity index (χ0n) is 8.45. The number of carbonyl (C=O) groups excluding carboxylic acids is 1. The molecule has 0 amide bonds. The minimum atomic E-state index is -0.536. The van der Waals surface area contributed by atoms with Crippen molar-refractivity contribution >= 4 is 5.97 Å². The molecule has 4 heteroatoms. The van der Waals surface area contributed by atoms with Gasteiger partial charge in [-0.1, -0.05) is 6.92 Å². The lowest BCUT2D eigenvalue weighted by Crippen LogP contribution is -2.28. The summed E-state index contributed by atoms with van der Waals surface area (Å²) in [5, 5.41) is 8.80. The van der Waals surface area contributed by atoms with Crippen LogP contribution in [0.2, 0.25) is 0 Å². The predicted molar refractivity (Wildman–Crippen MR) is 48.3 cm³/mol. The second-order valence-corrected chi connectivity index (χ2v) is 2.97. The molecule has 2 atom stereocenters. The fraction of sp³-hybridized carbons (Fsp3) is 0.889. The van der Waals surface area contributed by atoms with Crippen LogP contribution in [0.3, 0.4) is 0 Å². The summed E-state index contributed by atoms with van der Waals surface area (Å²) in [7, 11) is 0. The molecule has 0 aromatic rings. The molecular weight excluding hydrogens is 172 g/mol. The molecule has 0 aromatic carbocycles. The van der Waals surface area contributed by atoms with Gasteiger partial charge < -0.3 is 14.6 Å². The molecular formula is C9H18O4. The molecule has 0 bridgehead atoms. The van der Waals surface area contributed by atoms with Crippen molar-refractivity contribution in [3.05, 3.63) is 0 Å². The number of hydrogen-bond donors (Lipinski definition) is 1. The van der Waals surface area contributed by atoms with Crippen molar-refractivity contribution in [2.45, 2.75) is 39.4 Å². The molecule has 1 N–H and O–H groups in total. The van der Waals surface area contributed by atoms with Gasteiger partial charge in [-0.15, -0.1) is 0 Å². The summed E-state index contributed by atoms with van der Waals surface area (Å²) in [6.45, 7) is 5.31. The van der Waals surface area contributed by atoms with Gasteiger partial charge >= 0.3 is 5.97 Å². The van der Waals surface area contributed by atoms with E-state index >= 15 is 0 Å². The van der Waals surface area contributed by atoms with Crippen LogP contribution in [-0.2, 0) is 14.3 Å². The van der Waals surface area contributed by atoms with Gasteiger partial charge in [-0.2, -0.15) is 0 Å². The molecule has 13 heavy (non-hydrogen) atoms. The topological polar surface area (TPSA) is 55.8 Å². The highest BCUT2D eigenvalue weighted by Crippen LogP contribution is 2.00. The fourth-order valence-corrected chi connectivity index (χ4v) is 0.748. The molecule has 0 aliphatic heterocycles. The Kier molecular flexibility index (Phi) is 6.54. The Balaban J connectivity index is 3.65. The van der Waals surface area contributed by atoms with Crippen LogP contribution in [0.25, 0.3) is 0 Å². The van der Waals surface area contributed by atoms with E-state index in [-0.39, 0.29) is 19.3 Å². The van der Waals surface area contributed by atoms with Gasteiger partial charge in [-0.25, -0.2) is 0 Å². The van der Waals surface area contributed by atoms with Crippen molar-refractivity contribution in [2.75, 3.05) is 13.2 Å². The minimum Gasteiger partial charge on any atom is -0.458 e. The van der Waals surface area contributed by atoms with Crippen molar-refractivity contribution in [1.29, 1.82) is 0 Å². The lowest BCUT2D eigenvalue weighted by molar-refractivity contribution is -0.153. The summed E-state index contributed by atoms with van der Waals surface area (Å²) in [6.07, 6.45) is 0.495. The van der Waals surface area contributed by atoms with E-state index in [1.807, 2.05) is 13.8 Å². The summed E-state index contributed by atoms with van der Waals surface area (Å²) in [5.41, 5.74) is 0. The van der Waals surface area contributed by atoms with Gasteiger partial charge in [0.05, 0.1) is 19.3 Å². The van der Waals surface area contributed by atoms with Gasteiger partial charge in [0.25, 0.3) is 0 Å². The summed E-state index contributed by atoms with van der Waals surface area (Å²) >= 11 is 0. The van der Waals surface area contributed by atoms with Crippen molar-refractivity contribution in [1.82, 2.24) is 0 Å². The van der Waals surface area contributed by atoms with E-state index in [1.54, 1.807) is 0 Å². The number of aliphatic hydroxyl groups is 1. The average molecular weight is 190 g/mol. The third-order valence-corrected chi connectivity index (χ3v) is 1.68. The molecule has 2 unspecified atom stereocenters. The maximum absolute atomic E-state index is 10.5. The summed E-state index contributed by atoms with van der Waals surface area (Å²) in [6, 6.07) is 0. The third-order valence-electron chi connectivity index (χ3n) is 1.68.